The van der Waals surface area contributed by atoms with Gasteiger partial charge >= 0.3 is 5.97 Å². The van der Waals surface area contributed by atoms with Gasteiger partial charge in [-0.15, -0.1) is 0 Å². The van der Waals surface area contributed by atoms with E-state index >= 15 is 0 Å². The maximum Gasteiger partial charge on any atom is 0.308 e. The summed E-state index contributed by atoms with van der Waals surface area (Å²) in [4.78, 5) is 11.2. The van der Waals surface area contributed by atoms with Crippen LogP contribution >= 0.6 is 0 Å². The molecule has 100 valence electrons. The molecule has 0 aromatic heterocycles. The largest absolute Gasteiger partial charge is 0.463 e. The van der Waals surface area contributed by atoms with E-state index in [4.69, 9.17) is 9.47 Å². The van der Waals surface area contributed by atoms with Crippen LogP contribution in [0.15, 0.2) is 0 Å². The third-order valence-electron chi connectivity index (χ3n) is 2.55. The summed E-state index contributed by atoms with van der Waals surface area (Å²) in [6.45, 7) is 3.00. The molecule has 1 aliphatic rings. The zero-order valence-corrected chi connectivity index (χ0v) is 9.68. The Balaban J connectivity index is 2.51. The van der Waals surface area contributed by atoms with Crippen molar-refractivity contribution in [3.05, 3.63) is 0 Å². The van der Waals surface area contributed by atoms with E-state index in [0.717, 1.165) is 0 Å². The number of esters is 1. The minimum atomic E-state index is -1.61. The first-order valence-corrected chi connectivity index (χ1v) is 5.39. The van der Waals surface area contributed by atoms with Gasteiger partial charge in [0.15, 0.2) is 6.29 Å². The molecule has 1 saturated heterocycles. The lowest BCUT2D eigenvalue weighted by molar-refractivity contribution is -0.287. The van der Waals surface area contributed by atoms with Crippen molar-refractivity contribution >= 4 is 5.97 Å². The third-order valence-corrected chi connectivity index (χ3v) is 2.55. The highest BCUT2D eigenvalue weighted by Crippen LogP contribution is 2.20. The second-order valence-corrected chi connectivity index (χ2v) is 4.32. The van der Waals surface area contributed by atoms with Gasteiger partial charge in [-0.25, -0.2) is 0 Å². The molecule has 7 heteroatoms. The molecule has 5 atom stereocenters. The highest BCUT2D eigenvalue weighted by atomic mass is 16.6. The smallest absolute Gasteiger partial charge is 0.308 e. The van der Waals surface area contributed by atoms with Gasteiger partial charge < -0.3 is 29.9 Å². The Bertz CT molecular complexity index is 267. The fourth-order valence-electron chi connectivity index (χ4n) is 1.40. The molecule has 0 radical (unpaired) electrons. The molecule has 1 fully saturated rings. The Kier molecular flexibility index (Phi) is 4.84. The molecule has 0 amide bonds. The van der Waals surface area contributed by atoms with Gasteiger partial charge in [-0.3, -0.25) is 4.79 Å². The highest BCUT2D eigenvalue weighted by molar-refractivity contribution is 5.71. The van der Waals surface area contributed by atoms with Crippen LogP contribution in [0.1, 0.15) is 13.8 Å². The van der Waals surface area contributed by atoms with Crippen LogP contribution in [-0.4, -0.2) is 63.7 Å². The van der Waals surface area contributed by atoms with Crippen LogP contribution in [0.3, 0.4) is 0 Å². The van der Waals surface area contributed by atoms with Crippen LogP contribution in [0.5, 0.6) is 0 Å². The summed E-state index contributed by atoms with van der Waals surface area (Å²) < 4.78 is 9.65. The van der Waals surface area contributed by atoms with Gasteiger partial charge in [0.25, 0.3) is 0 Å². The first kappa shape index (κ1) is 14.3. The SMILES string of the molecule is CC(C)C(=O)OC[C@H]1OC(O)[C@H](O)[C@@H](O)[C@H]1O. The first-order valence-electron chi connectivity index (χ1n) is 5.39. The molecule has 0 aliphatic carbocycles. The molecular weight excluding hydrogens is 232 g/mol. The standard InChI is InChI=1S/C10H18O7/c1-4(2)9(14)16-3-5-6(11)7(12)8(13)10(15)17-5/h4-8,10-13,15H,3H2,1-2H3/t5-,6+,7+,8-,10?/m1/s1. The summed E-state index contributed by atoms with van der Waals surface area (Å²) in [6.07, 6.45) is -7.22. The Hall–Kier alpha value is -0.730. The van der Waals surface area contributed by atoms with E-state index < -0.39 is 36.7 Å². The fourth-order valence-corrected chi connectivity index (χ4v) is 1.40. The Labute approximate surface area is 98.6 Å². The maximum atomic E-state index is 11.2. The number of rotatable bonds is 3. The van der Waals surface area contributed by atoms with Crippen molar-refractivity contribution < 1.29 is 34.7 Å². The fraction of sp³-hybridized carbons (Fsp3) is 0.900. The van der Waals surface area contributed by atoms with Crippen molar-refractivity contribution in [1.82, 2.24) is 0 Å². The zero-order valence-electron chi connectivity index (χ0n) is 9.68. The Morgan fingerprint density at radius 3 is 2.29 bits per heavy atom. The summed E-state index contributed by atoms with van der Waals surface area (Å²) in [6, 6.07) is 0. The normalized spacial score (nSPS) is 38.2. The minimum absolute atomic E-state index is 0.293. The summed E-state index contributed by atoms with van der Waals surface area (Å²) in [5.74, 6) is -0.799. The van der Waals surface area contributed by atoms with E-state index in [1.807, 2.05) is 0 Å². The monoisotopic (exact) mass is 250 g/mol. The lowest BCUT2D eigenvalue weighted by Gasteiger charge is -2.37. The van der Waals surface area contributed by atoms with Crippen molar-refractivity contribution in [3.8, 4) is 0 Å². The van der Waals surface area contributed by atoms with Gasteiger partial charge in [0.2, 0.25) is 0 Å². The summed E-state index contributed by atoms with van der Waals surface area (Å²) in [5, 5.41) is 37.4. The maximum absolute atomic E-state index is 11.2. The summed E-state index contributed by atoms with van der Waals surface area (Å²) in [7, 11) is 0. The van der Waals surface area contributed by atoms with E-state index in [-0.39, 0.29) is 12.5 Å². The van der Waals surface area contributed by atoms with Crippen LogP contribution in [-0.2, 0) is 14.3 Å². The van der Waals surface area contributed by atoms with Crippen molar-refractivity contribution in [2.24, 2.45) is 5.92 Å². The van der Waals surface area contributed by atoms with E-state index in [9.17, 15) is 25.2 Å². The lowest BCUT2D eigenvalue weighted by Crippen LogP contribution is -2.58. The van der Waals surface area contributed by atoms with Crippen LogP contribution in [0.25, 0.3) is 0 Å². The van der Waals surface area contributed by atoms with Gasteiger partial charge in [-0.2, -0.15) is 0 Å². The molecular formula is C10H18O7. The average Bonchev–Trinajstić information content (AvgIpc) is 2.28. The quantitative estimate of drug-likeness (QED) is 0.427. The zero-order chi connectivity index (χ0) is 13.2. The van der Waals surface area contributed by atoms with Gasteiger partial charge in [0.1, 0.15) is 31.0 Å². The number of carbonyl (C=O) groups excluding carboxylic acids is 1. The molecule has 1 unspecified atom stereocenters. The average molecular weight is 250 g/mol. The van der Waals surface area contributed by atoms with E-state index in [2.05, 4.69) is 0 Å². The second kappa shape index (κ2) is 5.74. The Morgan fingerprint density at radius 1 is 1.18 bits per heavy atom. The van der Waals surface area contributed by atoms with Crippen molar-refractivity contribution in [2.75, 3.05) is 6.61 Å². The van der Waals surface area contributed by atoms with Crippen LogP contribution in [0.4, 0.5) is 0 Å². The topological polar surface area (TPSA) is 116 Å². The first-order chi connectivity index (χ1) is 7.84. The Morgan fingerprint density at radius 2 is 1.76 bits per heavy atom. The molecule has 0 saturated carbocycles. The van der Waals surface area contributed by atoms with E-state index in [0.29, 0.717) is 0 Å². The number of hydrogen-bond acceptors (Lipinski definition) is 7. The minimum Gasteiger partial charge on any atom is -0.463 e. The van der Waals surface area contributed by atoms with Crippen molar-refractivity contribution in [2.45, 2.75) is 44.6 Å². The number of hydrogen-bond donors (Lipinski definition) is 4. The predicted molar refractivity (Wildman–Crippen MR) is 54.7 cm³/mol. The van der Waals surface area contributed by atoms with E-state index in [1.54, 1.807) is 13.8 Å². The van der Waals surface area contributed by atoms with Crippen LogP contribution < -0.4 is 0 Å². The second-order valence-electron chi connectivity index (χ2n) is 4.32. The van der Waals surface area contributed by atoms with Crippen LogP contribution in [0, 0.1) is 5.92 Å². The van der Waals surface area contributed by atoms with Gasteiger partial charge in [-0.1, -0.05) is 13.8 Å². The van der Waals surface area contributed by atoms with Crippen LogP contribution in [0.2, 0.25) is 0 Å². The molecule has 1 aliphatic heterocycles. The summed E-state index contributed by atoms with van der Waals surface area (Å²) >= 11 is 0. The van der Waals surface area contributed by atoms with Crippen molar-refractivity contribution in [1.29, 1.82) is 0 Å². The van der Waals surface area contributed by atoms with Gasteiger partial charge in [-0.05, 0) is 0 Å². The molecule has 17 heavy (non-hydrogen) atoms. The molecule has 0 bridgehead atoms. The molecule has 0 spiro atoms. The molecule has 1 heterocycles. The number of carbonyl (C=O) groups is 1. The molecule has 0 aromatic rings. The van der Waals surface area contributed by atoms with Gasteiger partial charge in [0, 0.05) is 0 Å². The third kappa shape index (κ3) is 3.36. The molecule has 1 rings (SSSR count). The number of aliphatic hydroxyl groups is 4. The van der Waals surface area contributed by atoms with Crippen molar-refractivity contribution in [3.63, 3.8) is 0 Å². The van der Waals surface area contributed by atoms with E-state index in [1.165, 1.54) is 0 Å². The molecule has 4 N–H and O–H groups in total. The number of aliphatic hydroxyl groups excluding tert-OH is 4. The van der Waals surface area contributed by atoms with Gasteiger partial charge in [0.05, 0.1) is 5.92 Å². The predicted octanol–water partition coefficient (Wildman–Crippen LogP) is -2.01. The molecule has 7 nitrogen and oxygen atoms in total. The lowest BCUT2D eigenvalue weighted by atomic mass is 9.99. The highest BCUT2D eigenvalue weighted by Gasteiger charge is 2.43. The number of ether oxygens (including phenoxy) is 2. The molecule has 0 aromatic carbocycles. The summed E-state index contributed by atoms with van der Waals surface area (Å²) in [5.41, 5.74) is 0.